The van der Waals surface area contributed by atoms with Crippen LogP contribution in [0.3, 0.4) is 0 Å². The zero-order valence-electron chi connectivity index (χ0n) is 17.5. The molecule has 158 valence electrons. The van der Waals surface area contributed by atoms with Gasteiger partial charge in [-0.2, -0.15) is 5.26 Å². The lowest BCUT2D eigenvalue weighted by Gasteiger charge is -2.47. The van der Waals surface area contributed by atoms with E-state index < -0.39 is 0 Å². The molecule has 0 bridgehead atoms. The van der Waals surface area contributed by atoms with Gasteiger partial charge in [-0.15, -0.1) is 0 Å². The van der Waals surface area contributed by atoms with Gasteiger partial charge in [-0.3, -0.25) is 4.79 Å². The van der Waals surface area contributed by atoms with E-state index in [1.165, 1.54) is 12.1 Å². The molecule has 5 rings (SSSR count). The summed E-state index contributed by atoms with van der Waals surface area (Å²) in [4.78, 5) is 20.8. The smallest absolute Gasteiger partial charge is 0.245 e. The number of rotatable bonds is 3. The average Bonchev–Trinajstić information content (AvgIpc) is 3.22. The van der Waals surface area contributed by atoms with Gasteiger partial charge in [0.25, 0.3) is 0 Å². The maximum Gasteiger partial charge on any atom is 0.245 e. The highest BCUT2D eigenvalue weighted by atomic mass is 19.1. The van der Waals surface area contributed by atoms with Gasteiger partial charge in [0.15, 0.2) is 0 Å². The number of nitrogens with zero attached hydrogens (tertiary/aromatic N) is 4. The largest absolute Gasteiger partial charge is 0.355 e. The van der Waals surface area contributed by atoms with E-state index in [-0.39, 0.29) is 17.1 Å². The summed E-state index contributed by atoms with van der Waals surface area (Å²) in [5, 5.41) is 10.2. The molecule has 3 aliphatic rings. The molecule has 2 aromatic rings. The quantitative estimate of drug-likeness (QED) is 0.713. The minimum Gasteiger partial charge on any atom is -0.355 e. The fourth-order valence-corrected chi connectivity index (χ4v) is 5.45. The molecule has 31 heavy (non-hydrogen) atoms. The van der Waals surface area contributed by atoms with Gasteiger partial charge >= 0.3 is 0 Å². The lowest BCUT2D eigenvalue weighted by molar-refractivity contribution is -0.136. The summed E-state index contributed by atoms with van der Waals surface area (Å²) in [6, 6.07) is 9.08. The van der Waals surface area contributed by atoms with Crippen LogP contribution in [0.2, 0.25) is 0 Å². The Hall–Kier alpha value is -3.20. The van der Waals surface area contributed by atoms with Gasteiger partial charge in [0.2, 0.25) is 5.91 Å². The number of aryl methyl sites for hydroxylation is 1. The van der Waals surface area contributed by atoms with Crippen molar-refractivity contribution in [2.45, 2.75) is 32.1 Å². The molecule has 5 nitrogen and oxygen atoms in total. The maximum absolute atomic E-state index is 14.8. The number of hydrogen-bond acceptors (Lipinski definition) is 4. The number of carbonyl (C=O) groups excluding carboxylic acids is 1. The van der Waals surface area contributed by atoms with Gasteiger partial charge < -0.3 is 9.80 Å². The first-order chi connectivity index (χ1) is 15.0. The number of likely N-dealkylation sites (tertiary alicyclic amines) is 1. The van der Waals surface area contributed by atoms with Gasteiger partial charge in [0, 0.05) is 48.4 Å². The van der Waals surface area contributed by atoms with E-state index >= 15 is 0 Å². The third kappa shape index (κ3) is 3.20. The Morgan fingerprint density at radius 3 is 2.74 bits per heavy atom. The number of halogens is 1. The Bertz CT molecular complexity index is 1110. The van der Waals surface area contributed by atoms with E-state index in [1.54, 1.807) is 12.1 Å². The molecular formula is C25H25FN4O. The van der Waals surface area contributed by atoms with Crippen LogP contribution < -0.4 is 4.90 Å². The monoisotopic (exact) mass is 416 g/mol. The van der Waals surface area contributed by atoms with Gasteiger partial charge in [-0.05, 0) is 49.8 Å². The predicted octanol–water partition coefficient (Wildman–Crippen LogP) is 3.86. The number of hydrogen-bond donors (Lipinski definition) is 0. The zero-order chi connectivity index (χ0) is 21.6. The van der Waals surface area contributed by atoms with Crippen LogP contribution in [-0.2, 0) is 17.6 Å². The van der Waals surface area contributed by atoms with Crippen molar-refractivity contribution >= 4 is 11.7 Å². The van der Waals surface area contributed by atoms with E-state index in [4.69, 9.17) is 4.98 Å². The van der Waals surface area contributed by atoms with Crippen molar-refractivity contribution in [3.8, 4) is 17.2 Å². The highest BCUT2D eigenvalue weighted by Gasteiger charge is 2.49. The van der Waals surface area contributed by atoms with Crippen LogP contribution in [0.1, 0.15) is 36.1 Å². The number of anilines is 1. The number of carbonyl (C=O) groups is 1. The van der Waals surface area contributed by atoms with Gasteiger partial charge in [0.05, 0.1) is 0 Å². The van der Waals surface area contributed by atoms with Crippen LogP contribution >= 0.6 is 0 Å². The highest BCUT2D eigenvalue weighted by Crippen LogP contribution is 2.44. The molecule has 1 aromatic heterocycles. The second-order valence-corrected chi connectivity index (χ2v) is 8.98. The third-order valence-electron chi connectivity index (χ3n) is 6.99. The predicted molar refractivity (Wildman–Crippen MR) is 117 cm³/mol. The Kier molecular flexibility index (Phi) is 4.77. The SMILES string of the molecule is C=CC(=O)N1CC2(CCN(c3nc4c(c(-c5ccccc5F)c3C#N)CCCC4)C2)C1. The molecule has 1 aliphatic carbocycles. The number of aromatic nitrogens is 1. The molecular weight excluding hydrogens is 391 g/mol. The first-order valence-electron chi connectivity index (χ1n) is 10.9. The molecule has 3 heterocycles. The summed E-state index contributed by atoms with van der Waals surface area (Å²) in [6.07, 6.45) is 6.08. The molecule has 0 unspecified atom stereocenters. The molecule has 0 radical (unpaired) electrons. The fourth-order valence-electron chi connectivity index (χ4n) is 5.45. The first-order valence-corrected chi connectivity index (χ1v) is 10.9. The van der Waals surface area contributed by atoms with Crippen molar-refractivity contribution in [1.82, 2.24) is 9.88 Å². The Morgan fingerprint density at radius 2 is 2.00 bits per heavy atom. The molecule has 0 saturated carbocycles. The normalized spacial score (nSPS) is 19.0. The van der Waals surface area contributed by atoms with Crippen molar-refractivity contribution in [1.29, 1.82) is 5.26 Å². The fraction of sp³-hybridized carbons (Fsp3) is 0.400. The first kappa shape index (κ1) is 19.7. The molecule has 1 aromatic carbocycles. The van der Waals surface area contributed by atoms with Crippen molar-refractivity contribution in [3.05, 3.63) is 59.6 Å². The lowest BCUT2D eigenvalue weighted by Crippen LogP contribution is -2.59. The van der Waals surface area contributed by atoms with Gasteiger partial charge in [-0.25, -0.2) is 9.37 Å². The van der Waals surface area contributed by atoms with E-state index in [2.05, 4.69) is 17.5 Å². The Morgan fingerprint density at radius 1 is 1.23 bits per heavy atom. The molecule has 2 aliphatic heterocycles. The second-order valence-electron chi connectivity index (χ2n) is 8.98. The van der Waals surface area contributed by atoms with Gasteiger partial charge in [0.1, 0.15) is 23.3 Å². The summed E-state index contributed by atoms with van der Waals surface area (Å²) in [5.41, 5.74) is 3.75. The van der Waals surface area contributed by atoms with Crippen LogP contribution in [0.5, 0.6) is 0 Å². The molecule has 0 N–H and O–H groups in total. The summed E-state index contributed by atoms with van der Waals surface area (Å²) < 4.78 is 14.8. The maximum atomic E-state index is 14.8. The summed E-state index contributed by atoms with van der Waals surface area (Å²) in [5.74, 6) is 0.335. The number of fused-ring (bicyclic) bond motifs is 1. The summed E-state index contributed by atoms with van der Waals surface area (Å²) in [6.45, 7) is 6.53. The van der Waals surface area contributed by atoms with Crippen LogP contribution in [0, 0.1) is 22.6 Å². The van der Waals surface area contributed by atoms with Crippen LogP contribution in [0.4, 0.5) is 10.2 Å². The molecule has 6 heteroatoms. The molecule has 1 spiro atoms. The summed E-state index contributed by atoms with van der Waals surface area (Å²) >= 11 is 0. The molecule has 2 saturated heterocycles. The topological polar surface area (TPSA) is 60.2 Å². The van der Waals surface area contributed by atoms with E-state index in [0.29, 0.717) is 30.0 Å². The van der Waals surface area contributed by atoms with Crippen molar-refractivity contribution in [2.24, 2.45) is 5.41 Å². The minimum absolute atomic E-state index is 0.0319. The zero-order valence-corrected chi connectivity index (χ0v) is 17.5. The van der Waals surface area contributed by atoms with Crippen molar-refractivity contribution in [3.63, 3.8) is 0 Å². The minimum atomic E-state index is -0.306. The number of amides is 1. The van der Waals surface area contributed by atoms with Gasteiger partial charge in [-0.1, -0.05) is 24.8 Å². The lowest BCUT2D eigenvalue weighted by atomic mass is 9.79. The number of nitriles is 1. The van der Waals surface area contributed by atoms with Crippen LogP contribution in [0.15, 0.2) is 36.9 Å². The van der Waals surface area contributed by atoms with E-state index in [0.717, 1.165) is 62.0 Å². The Labute approximate surface area is 181 Å². The standard InChI is InChI=1S/C25H25FN4O/c1-2-22(31)30-15-25(16-30)11-12-29(14-25)24-19(13-27)23(17-7-3-5-9-20(17)26)18-8-4-6-10-21(18)28-24/h2-3,5,7,9H,1,4,6,8,10-12,14-16H2. The number of pyridine rings is 1. The molecule has 0 atom stereocenters. The summed E-state index contributed by atoms with van der Waals surface area (Å²) in [7, 11) is 0. The average molecular weight is 417 g/mol. The second kappa shape index (κ2) is 7.49. The molecule has 1 amide bonds. The Balaban J connectivity index is 1.56. The van der Waals surface area contributed by atoms with Crippen LogP contribution in [0.25, 0.3) is 11.1 Å². The molecule has 2 fully saturated rings. The van der Waals surface area contributed by atoms with E-state index in [9.17, 15) is 14.4 Å². The van der Waals surface area contributed by atoms with Crippen molar-refractivity contribution < 1.29 is 9.18 Å². The highest BCUT2D eigenvalue weighted by molar-refractivity contribution is 5.88. The van der Waals surface area contributed by atoms with Crippen molar-refractivity contribution in [2.75, 3.05) is 31.1 Å². The third-order valence-corrected chi connectivity index (χ3v) is 6.99. The van der Waals surface area contributed by atoms with E-state index in [1.807, 2.05) is 11.0 Å². The van der Waals surface area contributed by atoms with Crippen LogP contribution in [-0.4, -0.2) is 42.0 Å². The number of benzene rings is 1.